The highest BCUT2D eigenvalue weighted by molar-refractivity contribution is 5.91. The fourth-order valence-electron chi connectivity index (χ4n) is 1.24. The summed E-state index contributed by atoms with van der Waals surface area (Å²) in [5.41, 5.74) is 1.72. The van der Waals surface area contributed by atoms with Crippen LogP contribution in [0.25, 0.3) is 0 Å². The summed E-state index contributed by atoms with van der Waals surface area (Å²) in [4.78, 5) is 11.3. The van der Waals surface area contributed by atoms with Gasteiger partial charge in [0.05, 0.1) is 12.7 Å². The number of esters is 1. The van der Waals surface area contributed by atoms with E-state index in [1.165, 1.54) is 7.11 Å². The zero-order valence-corrected chi connectivity index (χ0v) is 8.65. The third kappa shape index (κ3) is 2.36. The Balaban J connectivity index is 3.18. The number of methoxy groups -OCH3 is 1. The Bertz CT molecular complexity index is 415. The van der Waals surface area contributed by atoms with E-state index in [-0.39, 0.29) is 0 Å². The molecule has 1 rings (SSSR count). The highest BCUT2D eigenvalue weighted by Crippen LogP contribution is 2.17. The molecule has 0 aliphatic carbocycles. The number of aliphatic hydroxyl groups is 1. The number of ether oxygens (including phenoxy) is 1. The van der Waals surface area contributed by atoms with E-state index in [4.69, 9.17) is 6.42 Å². The summed E-state index contributed by atoms with van der Waals surface area (Å²) < 4.78 is 4.61. The molecule has 1 atom stereocenters. The Kier molecular flexibility index (Phi) is 3.48. The van der Waals surface area contributed by atoms with Gasteiger partial charge in [-0.05, 0) is 24.1 Å². The normalized spacial score (nSPS) is 11.6. The lowest BCUT2D eigenvalue weighted by Gasteiger charge is -2.08. The van der Waals surface area contributed by atoms with Crippen LogP contribution in [0.1, 0.15) is 27.6 Å². The van der Waals surface area contributed by atoms with E-state index in [0.717, 1.165) is 5.56 Å². The number of carbonyl (C=O) groups excluding carboxylic acids is 1. The van der Waals surface area contributed by atoms with Crippen molar-refractivity contribution in [3.8, 4) is 12.3 Å². The van der Waals surface area contributed by atoms with Crippen LogP contribution in [0.3, 0.4) is 0 Å². The second kappa shape index (κ2) is 4.63. The lowest BCUT2D eigenvalue weighted by molar-refractivity contribution is 0.0599. The predicted octanol–water partition coefficient (Wildman–Crippen LogP) is 1.45. The molecule has 3 nitrogen and oxygen atoms in total. The minimum atomic E-state index is -0.992. The van der Waals surface area contributed by atoms with Crippen molar-refractivity contribution < 1.29 is 14.6 Å². The molecule has 78 valence electrons. The first-order chi connectivity index (χ1) is 7.10. The molecular weight excluding hydrogens is 192 g/mol. The van der Waals surface area contributed by atoms with Gasteiger partial charge in [0, 0.05) is 0 Å². The molecule has 0 spiro atoms. The van der Waals surface area contributed by atoms with E-state index in [2.05, 4.69) is 10.7 Å². The van der Waals surface area contributed by atoms with Crippen molar-refractivity contribution in [3.63, 3.8) is 0 Å². The molecule has 1 aromatic carbocycles. The van der Waals surface area contributed by atoms with Crippen molar-refractivity contribution in [1.82, 2.24) is 0 Å². The number of benzene rings is 1. The quantitative estimate of drug-likeness (QED) is 0.585. The largest absolute Gasteiger partial charge is 0.465 e. The molecule has 0 radical (unpaired) electrons. The van der Waals surface area contributed by atoms with Gasteiger partial charge in [-0.3, -0.25) is 0 Å². The van der Waals surface area contributed by atoms with Crippen LogP contribution in [0, 0.1) is 19.3 Å². The fraction of sp³-hybridized carbons (Fsp3) is 0.250. The summed E-state index contributed by atoms with van der Waals surface area (Å²) in [6, 6.07) is 4.96. The third-order valence-electron chi connectivity index (χ3n) is 2.14. The van der Waals surface area contributed by atoms with Crippen LogP contribution in [-0.2, 0) is 4.74 Å². The van der Waals surface area contributed by atoms with Crippen LogP contribution in [0.2, 0.25) is 0 Å². The van der Waals surface area contributed by atoms with Crippen molar-refractivity contribution in [2.24, 2.45) is 0 Å². The van der Waals surface area contributed by atoms with E-state index in [1.807, 2.05) is 0 Å². The molecule has 0 aromatic heterocycles. The number of terminal acetylenes is 1. The minimum absolute atomic E-state index is 0.421. The number of hydrogen-bond donors (Lipinski definition) is 1. The van der Waals surface area contributed by atoms with E-state index >= 15 is 0 Å². The molecule has 0 unspecified atom stereocenters. The Morgan fingerprint density at radius 1 is 1.60 bits per heavy atom. The summed E-state index contributed by atoms with van der Waals surface area (Å²) >= 11 is 0. The monoisotopic (exact) mass is 204 g/mol. The lowest BCUT2D eigenvalue weighted by atomic mass is 10.0. The molecule has 3 heteroatoms. The number of aliphatic hydroxyl groups excluding tert-OH is 1. The van der Waals surface area contributed by atoms with E-state index in [9.17, 15) is 9.90 Å². The zero-order valence-electron chi connectivity index (χ0n) is 8.65. The molecule has 0 saturated carbocycles. The molecule has 0 bridgehead atoms. The molecule has 1 aromatic rings. The van der Waals surface area contributed by atoms with Gasteiger partial charge in [0.2, 0.25) is 0 Å². The van der Waals surface area contributed by atoms with Crippen molar-refractivity contribution in [2.75, 3.05) is 7.11 Å². The van der Waals surface area contributed by atoms with Crippen LogP contribution in [-0.4, -0.2) is 18.2 Å². The highest BCUT2D eigenvalue weighted by Gasteiger charge is 2.12. The van der Waals surface area contributed by atoms with Crippen molar-refractivity contribution in [1.29, 1.82) is 0 Å². The van der Waals surface area contributed by atoms with Crippen LogP contribution < -0.4 is 0 Å². The molecular formula is C12H12O3. The van der Waals surface area contributed by atoms with Gasteiger partial charge in [-0.2, -0.15) is 0 Å². The second-order valence-electron chi connectivity index (χ2n) is 3.14. The topological polar surface area (TPSA) is 46.5 Å². The second-order valence-corrected chi connectivity index (χ2v) is 3.14. The number of carbonyl (C=O) groups is 1. The maximum Gasteiger partial charge on any atom is 0.338 e. The van der Waals surface area contributed by atoms with Crippen LogP contribution in [0.4, 0.5) is 0 Å². The maximum atomic E-state index is 11.3. The van der Waals surface area contributed by atoms with E-state index < -0.39 is 12.1 Å². The van der Waals surface area contributed by atoms with Crippen LogP contribution in [0.5, 0.6) is 0 Å². The average molecular weight is 204 g/mol. The van der Waals surface area contributed by atoms with Gasteiger partial charge in [0.25, 0.3) is 0 Å². The third-order valence-corrected chi connectivity index (χ3v) is 2.14. The van der Waals surface area contributed by atoms with Crippen LogP contribution in [0.15, 0.2) is 18.2 Å². The Labute approximate surface area is 88.7 Å². The van der Waals surface area contributed by atoms with Gasteiger partial charge in [-0.1, -0.05) is 18.1 Å². The number of hydrogen-bond acceptors (Lipinski definition) is 3. The van der Waals surface area contributed by atoms with Gasteiger partial charge in [-0.15, -0.1) is 6.42 Å². The first kappa shape index (κ1) is 11.3. The van der Waals surface area contributed by atoms with Crippen molar-refractivity contribution >= 4 is 5.97 Å². The van der Waals surface area contributed by atoms with Crippen molar-refractivity contribution in [3.05, 3.63) is 34.9 Å². The maximum absolute atomic E-state index is 11.3. The van der Waals surface area contributed by atoms with Crippen molar-refractivity contribution in [2.45, 2.75) is 13.0 Å². The number of aryl methyl sites for hydroxylation is 1. The summed E-state index contributed by atoms with van der Waals surface area (Å²) in [7, 11) is 1.31. The molecule has 0 aliphatic rings. The smallest absolute Gasteiger partial charge is 0.338 e. The standard InChI is InChI=1S/C12H12O3/c1-4-11(13)9-6-5-8(2)10(7-9)12(14)15-3/h1,5-7,11,13H,2-3H3/t11-/m1/s1. The molecule has 0 aliphatic heterocycles. The van der Waals surface area contributed by atoms with Gasteiger partial charge < -0.3 is 9.84 Å². The average Bonchev–Trinajstić information content (AvgIpc) is 2.27. The molecule has 0 amide bonds. The molecule has 1 N–H and O–H groups in total. The highest BCUT2D eigenvalue weighted by atomic mass is 16.5. The molecule has 0 heterocycles. The minimum Gasteiger partial charge on any atom is -0.465 e. The molecule has 0 saturated heterocycles. The first-order valence-electron chi connectivity index (χ1n) is 4.43. The van der Waals surface area contributed by atoms with E-state index in [1.54, 1.807) is 25.1 Å². The Hall–Kier alpha value is -1.79. The zero-order chi connectivity index (χ0) is 11.4. The Morgan fingerprint density at radius 3 is 2.80 bits per heavy atom. The van der Waals surface area contributed by atoms with Gasteiger partial charge in [-0.25, -0.2) is 4.79 Å². The summed E-state index contributed by atoms with van der Waals surface area (Å²) in [6.45, 7) is 1.79. The fourth-order valence-corrected chi connectivity index (χ4v) is 1.24. The van der Waals surface area contributed by atoms with Gasteiger partial charge in [0.15, 0.2) is 0 Å². The Morgan fingerprint density at radius 2 is 2.27 bits per heavy atom. The predicted molar refractivity (Wildman–Crippen MR) is 56.3 cm³/mol. The SMILES string of the molecule is C#C[C@@H](O)c1ccc(C)c(C(=O)OC)c1. The van der Waals surface area contributed by atoms with E-state index in [0.29, 0.717) is 11.1 Å². The first-order valence-corrected chi connectivity index (χ1v) is 4.43. The van der Waals surface area contributed by atoms with Gasteiger partial charge in [0.1, 0.15) is 6.10 Å². The number of rotatable bonds is 2. The summed E-state index contributed by atoms with van der Waals surface area (Å²) in [6.07, 6.45) is 4.09. The molecule has 0 fully saturated rings. The lowest BCUT2D eigenvalue weighted by Crippen LogP contribution is -2.05. The summed E-state index contributed by atoms with van der Waals surface area (Å²) in [5, 5.41) is 9.41. The molecule has 15 heavy (non-hydrogen) atoms. The van der Waals surface area contributed by atoms with Gasteiger partial charge >= 0.3 is 5.97 Å². The summed E-state index contributed by atoms with van der Waals surface area (Å²) in [5.74, 6) is 1.76. The van der Waals surface area contributed by atoms with Crippen LogP contribution >= 0.6 is 0 Å².